The third-order valence-electron chi connectivity index (χ3n) is 3.72. The molecule has 0 saturated carbocycles. The first-order valence-corrected chi connectivity index (χ1v) is 9.11. The molecule has 2 aromatic rings. The maximum absolute atomic E-state index is 5.89. The molecule has 1 aliphatic heterocycles. The van der Waals surface area contributed by atoms with E-state index in [2.05, 4.69) is 47.7 Å². The van der Waals surface area contributed by atoms with Gasteiger partial charge in [0.15, 0.2) is 5.96 Å². The van der Waals surface area contributed by atoms with Crippen molar-refractivity contribution in [2.45, 2.75) is 12.6 Å². The topological polar surface area (TPSA) is 54.7 Å². The van der Waals surface area contributed by atoms with Crippen LogP contribution in [0.3, 0.4) is 0 Å². The van der Waals surface area contributed by atoms with Crippen LogP contribution in [0, 0.1) is 0 Å². The van der Waals surface area contributed by atoms with Crippen LogP contribution in [0.15, 0.2) is 33.3 Å². The second kappa shape index (κ2) is 9.16. The molecule has 1 saturated heterocycles. The number of morpholine rings is 1. The molecule has 0 spiro atoms. The lowest BCUT2D eigenvalue weighted by atomic mass is 10.1. The number of thiophene rings is 1. The Hall–Kier alpha value is -0.650. The van der Waals surface area contributed by atoms with Crippen molar-refractivity contribution >= 4 is 57.2 Å². The third kappa shape index (κ3) is 4.93. The van der Waals surface area contributed by atoms with Crippen molar-refractivity contribution in [3.05, 3.63) is 38.8 Å². The van der Waals surface area contributed by atoms with Crippen molar-refractivity contribution in [2.24, 2.45) is 12.0 Å². The first-order valence-electron chi connectivity index (χ1n) is 7.44. The third-order valence-corrected chi connectivity index (χ3v) is 5.41. The highest BCUT2D eigenvalue weighted by Crippen LogP contribution is 2.22. The van der Waals surface area contributed by atoms with E-state index in [1.54, 1.807) is 16.0 Å². The number of halogens is 2. The van der Waals surface area contributed by atoms with Gasteiger partial charge in [-0.15, -0.1) is 35.3 Å². The van der Waals surface area contributed by atoms with Crippen LogP contribution in [0.1, 0.15) is 16.5 Å². The molecule has 1 fully saturated rings. The fourth-order valence-electron chi connectivity index (χ4n) is 2.59. The lowest BCUT2D eigenvalue weighted by Crippen LogP contribution is -2.47. The Morgan fingerprint density at radius 1 is 1.58 bits per heavy atom. The number of nitrogens with one attached hydrogen (secondary N) is 1. The number of aromatic nitrogens is 2. The molecule has 1 unspecified atom stereocenters. The summed E-state index contributed by atoms with van der Waals surface area (Å²) in [6.07, 6.45) is 3.91. The number of nitrogens with zero attached hydrogens (tertiary/aromatic N) is 4. The first-order chi connectivity index (χ1) is 11.2. The van der Waals surface area contributed by atoms with Crippen molar-refractivity contribution in [1.29, 1.82) is 0 Å². The van der Waals surface area contributed by atoms with Crippen molar-refractivity contribution in [3.8, 4) is 0 Å². The van der Waals surface area contributed by atoms with Crippen molar-refractivity contribution in [2.75, 3.05) is 26.7 Å². The Balaban J connectivity index is 0.00000208. The molecule has 0 aliphatic carbocycles. The van der Waals surface area contributed by atoms with Gasteiger partial charge in [0.2, 0.25) is 0 Å². The summed E-state index contributed by atoms with van der Waals surface area (Å²) in [4.78, 5) is 7.93. The number of hydrogen-bond donors (Lipinski definition) is 1. The minimum Gasteiger partial charge on any atom is -0.370 e. The monoisotopic (exact) mass is 525 g/mol. The number of aliphatic imine (C=N–C) groups is 1. The molecule has 6 nitrogen and oxygen atoms in total. The Kier molecular flexibility index (Phi) is 7.51. The average Bonchev–Trinajstić information content (AvgIpc) is 3.17. The highest BCUT2D eigenvalue weighted by molar-refractivity contribution is 14.0. The predicted molar refractivity (Wildman–Crippen MR) is 111 cm³/mol. The van der Waals surface area contributed by atoms with Crippen molar-refractivity contribution < 1.29 is 4.74 Å². The maximum Gasteiger partial charge on any atom is 0.194 e. The van der Waals surface area contributed by atoms with Gasteiger partial charge in [0, 0.05) is 47.1 Å². The van der Waals surface area contributed by atoms with E-state index in [4.69, 9.17) is 4.74 Å². The van der Waals surface area contributed by atoms with Crippen LogP contribution in [0.25, 0.3) is 0 Å². The van der Waals surface area contributed by atoms with E-state index in [-0.39, 0.29) is 30.1 Å². The molecule has 3 rings (SSSR count). The lowest BCUT2D eigenvalue weighted by molar-refractivity contribution is -0.00804. The van der Waals surface area contributed by atoms with Crippen molar-refractivity contribution in [3.63, 3.8) is 0 Å². The molecule has 9 heteroatoms. The average molecular weight is 526 g/mol. The van der Waals surface area contributed by atoms with E-state index >= 15 is 0 Å². The molecular formula is C15H21BrIN5OS. The van der Waals surface area contributed by atoms with Crippen LogP contribution in [0.2, 0.25) is 0 Å². The van der Waals surface area contributed by atoms with Crippen LogP contribution in [0.5, 0.6) is 0 Å². The zero-order chi connectivity index (χ0) is 16.2. The maximum atomic E-state index is 5.89. The number of ether oxygens (including phenoxy) is 1. The summed E-state index contributed by atoms with van der Waals surface area (Å²) in [5.41, 5.74) is 1.11. The quantitative estimate of drug-likeness (QED) is 0.380. The lowest BCUT2D eigenvalue weighted by Gasteiger charge is -2.34. The molecule has 1 atom stereocenters. The molecule has 132 valence electrons. The Bertz CT molecular complexity index is 689. The molecule has 0 aromatic carbocycles. The van der Waals surface area contributed by atoms with E-state index in [0.717, 1.165) is 35.6 Å². The summed E-state index contributed by atoms with van der Waals surface area (Å²) in [7, 11) is 3.74. The normalized spacial score (nSPS) is 18.4. The SMILES string of the molecule is CN=C(NCc1cc(Br)cs1)N1CCOC(c2cnn(C)c2)C1.I. The van der Waals surface area contributed by atoms with Gasteiger partial charge in [-0.25, -0.2) is 0 Å². The number of rotatable bonds is 3. The van der Waals surface area contributed by atoms with E-state index in [9.17, 15) is 0 Å². The number of guanidine groups is 1. The summed E-state index contributed by atoms with van der Waals surface area (Å²) in [6, 6.07) is 2.13. The van der Waals surface area contributed by atoms with Crippen LogP contribution < -0.4 is 5.32 Å². The van der Waals surface area contributed by atoms with Gasteiger partial charge in [0.1, 0.15) is 6.10 Å². The van der Waals surface area contributed by atoms with Crippen LogP contribution >= 0.6 is 51.2 Å². The zero-order valence-corrected chi connectivity index (χ0v) is 18.3. The number of aryl methyl sites for hydroxylation is 1. The summed E-state index contributed by atoms with van der Waals surface area (Å²) in [6.45, 7) is 3.08. The molecule has 3 heterocycles. The van der Waals surface area contributed by atoms with E-state index < -0.39 is 0 Å². The smallest absolute Gasteiger partial charge is 0.194 e. The molecule has 2 aromatic heterocycles. The van der Waals surface area contributed by atoms with Crippen molar-refractivity contribution in [1.82, 2.24) is 20.0 Å². The van der Waals surface area contributed by atoms with E-state index in [0.29, 0.717) is 6.61 Å². The van der Waals surface area contributed by atoms with Gasteiger partial charge in [-0.05, 0) is 22.0 Å². The van der Waals surface area contributed by atoms with Gasteiger partial charge in [0.05, 0.1) is 25.9 Å². The van der Waals surface area contributed by atoms with Gasteiger partial charge in [-0.2, -0.15) is 5.10 Å². The molecule has 0 amide bonds. The summed E-state index contributed by atoms with van der Waals surface area (Å²) in [5, 5.41) is 9.75. The standard InChI is InChI=1S/C15H20BrN5OS.HI/c1-17-15(18-7-13-5-12(16)10-23-13)21-3-4-22-14(9-21)11-6-19-20(2)8-11;/h5-6,8,10,14H,3-4,7,9H2,1-2H3,(H,17,18);1H. The minimum atomic E-state index is 0. The summed E-state index contributed by atoms with van der Waals surface area (Å²) in [5.74, 6) is 0.909. The molecule has 0 bridgehead atoms. The molecule has 1 N–H and O–H groups in total. The fourth-order valence-corrected chi connectivity index (χ4v) is 3.99. The van der Waals surface area contributed by atoms with Crippen LogP contribution in [-0.4, -0.2) is 47.4 Å². The molecule has 1 aliphatic rings. The Morgan fingerprint density at radius 2 is 2.42 bits per heavy atom. The fraction of sp³-hybridized carbons (Fsp3) is 0.467. The van der Waals surface area contributed by atoms with Crippen LogP contribution in [0.4, 0.5) is 0 Å². The Morgan fingerprint density at radius 3 is 3.04 bits per heavy atom. The Labute approximate surface area is 171 Å². The van der Waals surface area contributed by atoms with E-state index in [1.807, 2.05) is 26.5 Å². The second-order valence-electron chi connectivity index (χ2n) is 5.38. The van der Waals surface area contributed by atoms with Gasteiger partial charge in [-0.3, -0.25) is 9.67 Å². The van der Waals surface area contributed by atoms with Gasteiger partial charge >= 0.3 is 0 Å². The van der Waals surface area contributed by atoms with Gasteiger partial charge in [-0.1, -0.05) is 0 Å². The van der Waals surface area contributed by atoms with Gasteiger partial charge < -0.3 is 15.0 Å². The first kappa shape index (κ1) is 19.7. The second-order valence-corrected chi connectivity index (χ2v) is 7.30. The minimum absolute atomic E-state index is 0. The highest BCUT2D eigenvalue weighted by atomic mass is 127. The largest absolute Gasteiger partial charge is 0.370 e. The summed E-state index contributed by atoms with van der Waals surface area (Å²) >= 11 is 5.22. The molecular weight excluding hydrogens is 505 g/mol. The van der Waals surface area contributed by atoms with E-state index in [1.165, 1.54) is 4.88 Å². The molecule has 24 heavy (non-hydrogen) atoms. The highest BCUT2D eigenvalue weighted by Gasteiger charge is 2.25. The zero-order valence-electron chi connectivity index (χ0n) is 13.6. The van der Waals surface area contributed by atoms with Crippen LogP contribution in [-0.2, 0) is 18.3 Å². The number of hydrogen-bond acceptors (Lipinski definition) is 4. The van der Waals surface area contributed by atoms with Gasteiger partial charge in [0.25, 0.3) is 0 Å². The predicted octanol–water partition coefficient (Wildman–Crippen LogP) is 3.01. The molecule has 0 radical (unpaired) electrons. The summed E-state index contributed by atoms with van der Waals surface area (Å²) < 4.78 is 8.81.